The fourth-order valence-corrected chi connectivity index (χ4v) is 4.19. The quantitative estimate of drug-likeness (QED) is 0.222. The van der Waals surface area contributed by atoms with Crippen molar-refractivity contribution >= 4 is 23.5 Å². The Balaban J connectivity index is 1.26. The van der Waals surface area contributed by atoms with Crippen LogP contribution in [0.25, 0.3) is 16.3 Å². The van der Waals surface area contributed by atoms with Gasteiger partial charge in [0.15, 0.2) is 0 Å². The summed E-state index contributed by atoms with van der Waals surface area (Å²) in [5, 5.41) is 10.9. The summed E-state index contributed by atoms with van der Waals surface area (Å²) in [5.74, 6) is 0.520. The van der Waals surface area contributed by atoms with Crippen molar-refractivity contribution in [3.05, 3.63) is 125 Å². The van der Waals surface area contributed by atoms with E-state index in [9.17, 15) is 4.79 Å². The Morgan fingerprint density at radius 2 is 1.69 bits per heavy atom. The van der Waals surface area contributed by atoms with E-state index in [4.69, 9.17) is 9.84 Å². The van der Waals surface area contributed by atoms with Crippen LogP contribution in [-0.2, 0) is 6.61 Å². The largest absolute Gasteiger partial charge is 0.489 e. The maximum atomic E-state index is 12.6. The van der Waals surface area contributed by atoms with Crippen LogP contribution in [0, 0.1) is 0 Å². The van der Waals surface area contributed by atoms with Gasteiger partial charge >= 0.3 is 0 Å². The number of nitrogens with zero attached hydrogens (tertiary/aromatic N) is 3. The summed E-state index contributed by atoms with van der Waals surface area (Å²) in [6.45, 7) is 0.432. The first kappa shape index (κ1) is 22.3. The number of hydrazone groups is 1. The molecule has 0 aliphatic heterocycles. The number of hydrogen-bond donors (Lipinski definition) is 1. The van der Waals surface area contributed by atoms with Crippen LogP contribution >= 0.6 is 11.3 Å². The highest BCUT2D eigenvalue weighted by atomic mass is 32.1. The summed E-state index contributed by atoms with van der Waals surface area (Å²) in [6, 6.07) is 30.8. The second-order valence-electron chi connectivity index (χ2n) is 7.69. The number of para-hydroxylation sites is 2. The van der Waals surface area contributed by atoms with Crippen LogP contribution in [0.3, 0.4) is 0 Å². The van der Waals surface area contributed by atoms with Gasteiger partial charge in [-0.05, 0) is 53.4 Å². The molecule has 0 bridgehead atoms. The van der Waals surface area contributed by atoms with E-state index in [-0.39, 0.29) is 5.91 Å². The molecule has 35 heavy (non-hydrogen) atoms. The Morgan fingerprint density at radius 1 is 0.943 bits per heavy atom. The number of thiophene rings is 1. The molecule has 0 atom stereocenters. The van der Waals surface area contributed by atoms with Gasteiger partial charge in [-0.1, -0.05) is 54.6 Å². The lowest BCUT2D eigenvalue weighted by Crippen LogP contribution is -2.17. The summed E-state index contributed by atoms with van der Waals surface area (Å²) < 4.78 is 7.56. The molecule has 1 N–H and O–H groups in total. The Hall–Kier alpha value is -4.49. The second-order valence-corrected chi connectivity index (χ2v) is 8.64. The van der Waals surface area contributed by atoms with Crippen molar-refractivity contribution in [2.24, 2.45) is 5.10 Å². The van der Waals surface area contributed by atoms with Crippen LogP contribution in [0.4, 0.5) is 0 Å². The van der Waals surface area contributed by atoms with Crippen molar-refractivity contribution in [2.45, 2.75) is 6.61 Å². The fourth-order valence-electron chi connectivity index (χ4n) is 3.46. The Bertz CT molecular complexity index is 1410. The van der Waals surface area contributed by atoms with Crippen molar-refractivity contribution in [3.63, 3.8) is 0 Å². The van der Waals surface area contributed by atoms with E-state index in [2.05, 4.69) is 10.5 Å². The molecule has 0 aliphatic rings. The van der Waals surface area contributed by atoms with Gasteiger partial charge in [0.25, 0.3) is 5.91 Å². The van der Waals surface area contributed by atoms with Crippen molar-refractivity contribution in [1.29, 1.82) is 0 Å². The number of carbonyl (C=O) groups is 1. The molecule has 5 rings (SSSR count). The zero-order valence-corrected chi connectivity index (χ0v) is 19.6. The van der Waals surface area contributed by atoms with Gasteiger partial charge in [0.1, 0.15) is 18.1 Å². The number of rotatable bonds is 8. The molecule has 172 valence electrons. The summed E-state index contributed by atoms with van der Waals surface area (Å²) in [7, 11) is 0. The molecule has 3 aromatic carbocycles. The lowest BCUT2D eigenvalue weighted by Gasteiger charge is -2.06. The van der Waals surface area contributed by atoms with E-state index in [1.165, 1.54) is 0 Å². The molecule has 2 heterocycles. The lowest BCUT2D eigenvalue weighted by atomic mass is 10.1. The van der Waals surface area contributed by atoms with Gasteiger partial charge in [-0.15, -0.1) is 11.3 Å². The number of amides is 1. The SMILES string of the molecule is O=C(NN=Cc1cn(-c2ccccc2)nc1-c1cccs1)c1ccc(COc2ccccc2)cc1. The monoisotopic (exact) mass is 478 g/mol. The van der Waals surface area contributed by atoms with Gasteiger partial charge < -0.3 is 4.74 Å². The summed E-state index contributed by atoms with van der Waals surface area (Å²) in [5.41, 5.74) is 6.67. The molecule has 7 heteroatoms. The van der Waals surface area contributed by atoms with Crippen LogP contribution in [0.2, 0.25) is 0 Å². The minimum Gasteiger partial charge on any atom is -0.489 e. The first-order valence-electron chi connectivity index (χ1n) is 11.1. The molecular formula is C28H22N4O2S. The predicted octanol–water partition coefficient (Wildman–Crippen LogP) is 5.94. The van der Waals surface area contributed by atoms with Crippen molar-refractivity contribution in [3.8, 4) is 22.0 Å². The van der Waals surface area contributed by atoms with E-state index < -0.39 is 0 Å². The summed E-state index contributed by atoms with van der Waals surface area (Å²) in [6.07, 6.45) is 3.53. The van der Waals surface area contributed by atoms with E-state index in [1.807, 2.05) is 101 Å². The molecule has 0 spiro atoms. The summed E-state index contributed by atoms with van der Waals surface area (Å²) in [4.78, 5) is 13.6. The molecule has 6 nitrogen and oxygen atoms in total. The minimum atomic E-state index is -0.287. The number of ether oxygens (including phenoxy) is 1. The van der Waals surface area contributed by atoms with Gasteiger partial charge in [0.2, 0.25) is 0 Å². The third-order valence-electron chi connectivity index (χ3n) is 5.25. The molecule has 0 fully saturated rings. The molecule has 5 aromatic rings. The second kappa shape index (κ2) is 10.6. The maximum Gasteiger partial charge on any atom is 0.271 e. The fraction of sp³-hybridized carbons (Fsp3) is 0.0357. The van der Waals surface area contributed by atoms with Crippen molar-refractivity contribution < 1.29 is 9.53 Å². The van der Waals surface area contributed by atoms with Crippen LogP contribution in [0.1, 0.15) is 21.5 Å². The maximum absolute atomic E-state index is 12.6. The van der Waals surface area contributed by atoms with Crippen molar-refractivity contribution in [2.75, 3.05) is 0 Å². The molecule has 0 radical (unpaired) electrons. The first-order valence-corrected chi connectivity index (χ1v) is 11.9. The zero-order chi connectivity index (χ0) is 23.9. The molecular weight excluding hydrogens is 456 g/mol. The highest BCUT2D eigenvalue weighted by Gasteiger charge is 2.12. The van der Waals surface area contributed by atoms with Crippen molar-refractivity contribution in [1.82, 2.24) is 15.2 Å². The lowest BCUT2D eigenvalue weighted by molar-refractivity contribution is 0.0955. The molecule has 0 saturated carbocycles. The average molecular weight is 479 g/mol. The molecule has 0 saturated heterocycles. The number of nitrogens with one attached hydrogen (secondary N) is 1. The third-order valence-corrected chi connectivity index (χ3v) is 6.13. The van der Waals surface area contributed by atoms with Crippen LogP contribution in [-0.4, -0.2) is 21.9 Å². The van der Waals surface area contributed by atoms with Crippen LogP contribution < -0.4 is 10.2 Å². The highest BCUT2D eigenvalue weighted by Crippen LogP contribution is 2.26. The summed E-state index contributed by atoms with van der Waals surface area (Å²) >= 11 is 1.60. The normalized spacial score (nSPS) is 11.0. The molecule has 2 aromatic heterocycles. The minimum absolute atomic E-state index is 0.287. The topological polar surface area (TPSA) is 68.5 Å². The van der Waals surface area contributed by atoms with Gasteiger partial charge in [0, 0.05) is 17.3 Å². The molecule has 0 unspecified atom stereocenters. The van der Waals surface area contributed by atoms with E-state index >= 15 is 0 Å². The third kappa shape index (κ3) is 5.54. The molecule has 1 amide bonds. The number of aromatic nitrogens is 2. The van der Waals surface area contributed by atoms with Gasteiger partial charge in [-0.25, -0.2) is 10.1 Å². The average Bonchev–Trinajstić information content (AvgIpc) is 3.59. The Labute approximate surface area is 207 Å². The van der Waals surface area contributed by atoms with E-state index in [0.29, 0.717) is 12.2 Å². The van der Waals surface area contributed by atoms with Gasteiger partial charge in [-0.3, -0.25) is 4.79 Å². The van der Waals surface area contributed by atoms with Gasteiger partial charge in [-0.2, -0.15) is 10.2 Å². The highest BCUT2D eigenvalue weighted by molar-refractivity contribution is 7.13. The Kier molecular flexibility index (Phi) is 6.77. The number of carbonyl (C=O) groups excluding carboxylic acids is 1. The predicted molar refractivity (Wildman–Crippen MR) is 139 cm³/mol. The van der Waals surface area contributed by atoms with Crippen LogP contribution in [0.5, 0.6) is 5.75 Å². The first-order chi connectivity index (χ1) is 17.3. The number of benzene rings is 3. The smallest absolute Gasteiger partial charge is 0.271 e. The Morgan fingerprint density at radius 3 is 2.40 bits per heavy atom. The van der Waals surface area contributed by atoms with Gasteiger partial charge in [0.05, 0.1) is 16.8 Å². The standard InChI is InChI=1S/C28H22N4O2S/c33-28(22-15-13-21(14-16-22)20-34-25-10-5-2-6-11-25)30-29-18-23-19-32(24-8-3-1-4-9-24)31-27(23)26-12-7-17-35-26/h1-19H,20H2,(H,30,33). The van der Waals surface area contributed by atoms with E-state index in [1.54, 1.807) is 29.7 Å². The van der Waals surface area contributed by atoms with E-state index in [0.717, 1.165) is 33.1 Å². The zero-order valence-electron chi connectivity index (χ0n) is 18.7. The molecule has 0 aliphatic carbocycles. The number of hydrogen-bond acceptors (Lipinski definition) is 5. The van der Waals surface area contributed by atoms with Crippen LogP contribution in [0.15, 0.2) is 114 Å².